The summed E-state index contributed by atoms with van der Waals surface area (Å²) in [7, 11) is 0. The number of hydrazone groups is 1. The highest BCUT2D eigenvalue weighted by molar-refractivity contribution is 7.16. The second kappa shape index (κ2) is 6.68. The van der Waals surface area contributed by atoms with Crippen LogP contribution in [0.4, 0.5) is 11.4 Å². The minimum atomic E-state index is -0.351. The van der Waals surface area contributed by atoms with E-state index in [1.807, 2.05) is 17.3 Å². The maximum absolute atomic E-state index is 12.2. The number of nitrogens with one attached hydrogen (secondary N) is 3. The molecule has 30 heavy (non-hydrogen) atoms. The summed E-state index contributed by atoms with van der Waals surface area (Å²) in [6.45, 7) is 4.05. The Morgan fingerprint density at radius 3 is 3.00 bits per heavy atom. The number of thiazole rings is 1. The third-order valence-electron chi connectivity index (χ3n) is 5.84. The van der Waals surface area contributed by atoms with Gasteiger partial charge in [0.15, 0.2) is 5.84 Å². The van der Waals surface area contributed by atoms with E-state index in [1.165, 1.54) is 4.70 Å². The Labute approximate surface area is 176 Å². The maximum atomic E-state index is 12.2. The summed E-state index contributed by atoms with van der Waals surface area (Å²) >= 11 is 1.64. The fourth-order valence-corrected chi connectivity index (χ4v) is 4.72. The molecule has 1 aromatic heterocycles. The molecule has 3 N–H and O–H groups in total. The number of fused-ring (bicyclic) bond motifs is 4. The molecule has 6 rings (SSSR count). The SMILES string of the molecule is CC1C(=O)NN=C2COc3cc(-c4ccc5scnc5c4)c(NC4CNC4)cc3N21. The topological polar surface area (TPSA) is 90.9 Å². The number of rotatable bonds is 3. The van der Waals surface area contributed by atoms with E-state index in [0.29, 0.717) is 18.5 Å². The molecule has 1 fully saturated rings. The van der Waals surface area contributed by atoms with E-state index >= 15 is 0 Å². The summed E-state index contributed by atoms with van der Waals surface area (Å²) in [5.41, 5.74) is 9.44. The van der Waals surface area contributed by atoms with Crippen molar-refractivity contribution in [2.24, 2.45) is 5.10 Å². The first-order chi connectivity index (χ1) is 14.7. The molecule has 1 atom stereocenters. The molecule has 3 aliphatic heterocycles. The first-order valence-corrected chi connectivity index (χ1v) is 10.8. The number of aromatic nitrogens is 1. The van der Waals surface area contributed by atoms with Gasteiger partial charge in [-0.2, -0.15) is 5.10 Å². The fraction of sp³-hybridized carbons (Fsp3) is 0.286. The van der Waals surface area contributed by atoms with Crippen molar-refractivity contribution in [2.45, 2.75) is 19.0 Å². The largest absolute Gasteiger partial charge is 0.483 e. The first-order valence-electron chi connectivity index (χ1n) is 9.95. The van der Waals surface area contributed by atoms with Gasteiger partial charge in [0, 0.05) is 24.3 Å². The third kappa shape index (κ3) is 2.73. The maximum Gasteiger partial charge on any atom is 0.262 e. The Kier molecular flexibility index (Phi) is 3.93. The quantitative estimate of drug-likeness (QED) is 0.603. The van der Waals surface area contributed by atoms with Crippen LogP contribution in [0.1, 0.15) is 6.92 Å². The van der Waals surface area contributed by atoms with Gasteiger partial charge in [-0.05, 0) is 36.8 Å². The van der Waals surface area contributed by atoms with Crippen molar-refractivity contribution in [3.05, 3.63) is 35.8 Å². The lowest BCUT2D eigenvalue weighted by Crippen LogP contribution is -2.55. The van der Waals surface area contributed by atoms with Crippen molar-refractivity contribution in [2.75, 3.05) is 29.9 Å². The van der Waals surface area contributed by atoms with Gasteiger partial charge >= 0.3 is 0 Å². The summed E-state index contributed by atoms with van der Waals surface area (Å²) < 4.78 is 7.20. The molecule has 8 nitrogen and oxygen atoms in total. The highest BCUT2D eigenvalue weighted by Gasteiger charge is 2.36. The zero-order valence-corrected chi connectivity index (χ0v) is 17.1. The Bertz CT molecular complexity index is 1200. The number of carbonyl (C=O) groups excluding carboxylic acids is 1. The summed E-state index contributed by atoms with van der Waals surface area (Å²) in [6.07, 6.45) is 0. The molecular weight excluding hydrogens is 400 g/mol. The number of anilines is 2. The molecule has 152 valence electrons. The van der Waals surface area contributed by atoms with Gasteiger partial charge in [0.2, 0.25) is 0 Å². The monoisotopic (exact) mass is 420 g/mol. The van der Waals surface area contributed by atoms with Crippen molar-refractivity contribution in [1.82, 2.24) is 15.7 Å². The van der Waals surface area contributed by atoms with Crippen LogP contribution in [0.3, 0.4) is 0 Å². The first kappa shape index (κ1) is 17.7. The van der Waals surface area contributed by atoms with Gasteiger partial charge in [-0.3, -0.25) is 4.79 Å². The van der Waals surface area contributed by atoms with Gasteiger partial charge in [-0.15, -0.1) is 11.3 Å². The summed E-state index contributed by atoms with van der Waals surface area (Å²) in [4.78, 5) is 18.7. The van der Waals surface area contributed by atoms with Crippen LogP contribution in [-0.2, 0) is 4.79 Å². The Morgan fingerprint density at radius 1 is 1.27 bits per heavy atom. The van der Waals surface area contributed by atoms with Crippen molar-refractivity contribution < 1.29 is 9.53 Å². The van der Waals surface area contributed by atoms with Crippen LogP contribution in [0.25, 0.3) is 21.3 Å². The molecule has 0 spiro atoms. The predicted octanol–water partition coefficient (Wildman–Crippen LogP) is 2.38. The van der Waals surface area contributed by atoms with Crippen molar-refractivity contribution >= 4 is 44.7 Å². The number of benzene rings is 2. The van der Waals surface area contributed by atoms with Gasteiger partial charge in [0.1, 0.15) is 18.4 Å². The molecule has 3 aromatic rings. The average Bonchev–Trinajstić information content (AvgIpc) is 3.20. The molecule has 0 saturated carbocycles. The molecule has 1 unspecified atom stereocenters. The number of amidine groups is 1. The molecule has 4 heterocycles. The molecule has 2 aromatic carbocycles. The zero-order chi connectivity index (χ0) is 20.2. The van der Waals surface area contributed by atoms with E-state index in [0.717, 1.165) is 46.9 Å². The van der Waals surface area contributed by atoms with Crippen LogP contribution < -0.4 is 25.7 Å². The molecule has 1 saturated heterocycles. The normalized spacial score (nSPS) is 20.6. The molecule has 1 amide bonds. The Hall–Kier alpha value is -3.17. The van der Waals surface area contributed by atoms with Crippen LogP contribution in [0, 0.1) is 0 Å². The second-order valence-corrected chi connectivity index (χ2v) is 8.62. The fourth-order valence-electron chi connectivity index (χ4n) is 4.07. The highest BCUT2D eigenvalue weighted by Crippen LogP contribution is 2.43. The number of ether oxygens (including phenoxy) is 1. The average molecular weight is 420 g/mol. The molecular formula is C21H20N6O2S. The Morgan fingerprint density at radius 2 is 2.17 bits per heavy atom. The van der Waals surface area contributed by atoms with E-state index in [2.05, 4.69) is 56.5 Å². The van der Waals surface area contributed by atoms with Crippen LogP contribution in [0.15, 0.2) is 40.9 Å². The molecule has 9 heteroatoms. The standard InChI is InChI=1S/C21H20N6O2S/c1-11-21(28)26-25-20-9-29-18-5-14(12-2-3-19-16(4-12)23-10-30-19)15(6-17(18)27(11)20)24-13-7-22-8-13/h2-6,10-11,13,22,24H,7-9H2,1H3,(H,26,28). The zero-order valence-electron chi connectivity index (χ0n) is 16.3. The minimum absolute atomic E-state index is 0.123. The molecule has 0 radical (unpaired) electrons. The molecule has 3 aliphatic rings. The number of nitrogens with zero attached hydrogens (tertiary/aromatic N) is 3. The summed E-state index contributed by atoms with van der Waals surface area (Å²) in [5.74, 6) is 1.34. The lowest BCUT2D eigenvalue weighted by molar-refractivity contribution is -0.122. The minimum Gasteiger partial charge on any atom is -0.483 e. The number of hydrogen-bond acceptors (Lipinski definition) is 8. The molecule has 0 aliphatic carbocycles. The third-order valence-corrected chi connectivity index (χ3v) is 6.65. The lowest BCUT2D eigenvalue weighted by atomic mass is 9.99. The lowest BCUT2D eigenvalue weighted by Gasteiger charge is -2.39. The van der Waals surface area contributed by atoms with Crippen molar-refractivity contribution in [3.8, 4) is 16.9 Å². The van der Waals surface area contributed by atoms with Crippen LogP contribution in [0.2, 0.25) is 0 Å². The van der Waals surface area contributed by atoms with E-state index in [-0.39, 0.29) is 11.9 Å². The van der Waals surface area contributed by atoms with Crippen molar-refractivity contribution in [3.63, 3.8) is 0 Å². The second-order valence-electron chi connectivity index (χ2n) is 7.74. The van der Waals surface area contributed by atoms with Crippen LogP contribution in [-0.4, -0.2) is 48.5 Å². The van der Waals surface area contributed by atoms with Crippen LogP contribution in [0.5, 0.6) is 5.75 Å². The van der Waals surface area contributed by atoms with Gasteiger partial charge in [-0.1, -0.05) is 6.07 Å². The van der Waals surface area contributed by atoms with Gasteiger partial charge in [0.25, 0.3) is 5.91 Å². The molecule has 0 bridgehead atoms. The van der Waals surface area contributed by atoms with Crippen molar-refractivity contribution in [1.29, 1.82) is 0 Å². The predicted molar refractivity (Wildman–Crippen MR) is 118 cm³/mol. The highest BCUT2D eigenvalue weighted by atomic mass is 32.1. The summed E-state index contributed by atoms with van der Waals surface area (Å²) in [6, 6.07) is 10.5. The van der Waals surface area contributed by atoms with E-state index in [9.17, 15) is 4.79 Å². The number of amides is 1. The van der Waals surface area contributed by atoms with Gasteiger partial charge < -0.3 is 20.3 Å². The van der Waals surface area contributed by atoms with Gasteiger partial charge in [-0.25, -0.2) is 10.4 Å². The van der Waals surface area contributed by atoms with Gasteiger partial charge in [0.05, 0.1) is 27.5 Å². The summed E-state index contributed by atoms with van der Waals surface area (Å²) in [5, 5.41) is 11.1. The van der Waals surface area contributed by atoms with E-state index < -0.39 is 0 Å². The number of hydrogen-bond donors (Lipinski definition) is 3. The van der Waals surface area contributed by atoms with E-state index in [1.54, 1.807) is 11.3 Å². The Balaban J connectivity index is 1.50. The number of carbonyl (C=O) groups is 1. The van der Waals surface area contributed by atoms with Crippen LogP contribution >= 0.6 is 11.3 Å². The van der Waals surface area contributed by atoms with E-state index in [4.69, 9.17) is 4.74 Å². The smallest absolute Gasteiger partial charge is 0.262 e.